The van der Waals surface area contributed by atoms with Crippen LogP contribution in [0.5, 0.6) is 11.5 Å². The summed E-state index contributed by atoms with van der Waals surface area (Å²) in [5, 5.41) is 28.5. The van der Waals surface area contributed by atoms with Gasteiger partial charge in [-0.05, 0) is 99.3 Å². The van der Waals surface area contributed by atoms with Gasteiger partial charge in [0.05, 0.1) is 0 Å². The zero-order valence-corrected chi connectivity index (χ0v) is 20.3. The van der Waals surface area contributed by atoms with Crippen LogP contribution in [0.1, 0.15) is 40.3 Å². The minimum Gasteiger partial charge on any atom is -0.508 e. The van der Waals surface area contributed by atoms with Crippen molar-refractivity contribution < 1.29 is 10.2 Å². The quantitative estimate of drug-likeness (QED) is 0.257. The van der Waals surface area contributed by atoms with E-state index in [0.717, 1.165) is 28.3 Å². The molecular weight excluding hydrogens is 440 g/mol. The van der Waals surface area contributed by atoms with Gasteiger partial charge in [0.1, 0.15) is 11.5 Å². The molecule has 0 unspecified atom stereocenters. The first-order valence-corrected chi connectivity index (χ1v) is 12.4. The largest absolute Gasteiger partial charge is 0.508 e. The van der Waals surface area contributed by atoms with E-state index < -0.39 is 5.41 Å². The monoisotopic (exact) mass is 466 g/mol. The zero-order chi connectivity index (χ0) is 24.6. The van der Waals surface area contributed by atoms with E-state index in [-0.39, 0.29) is 11.5 Å². The van der Waals surface area contributed by atoms with Crippen molar-refractivity contribution in [3.05, 3.63) is 130 Å². The van der Waals surface area contributed by atoms with Crippen molar-refractivity contribution in [2.75, 3.05) is 0 Å². The van der Waals surface area contributed by atoms with Crippen molar-refractivity contribution in [3.63, 3.8) is 0 Å². The van der Waals surface area contributed by atoms with Gasteiger partial charge in [-0.3, -0.25) is 0 Å². The summed E-state index contributed by atoms with van der Waals surface area (Å²) in [7, 11) is 0. The first-order chi connectivity index (χ1) is 17.4. The maximum Gasteiger partial charge on any atom is 0.127 e. The SMILES string of the molecule is Cc1cc2c(O)c(C3(C)c4cc5ccccc5cc4Cc4cc5ccccc5cc43)ccc2cc1O. The lowest BCUT2D eigenvalue weighted by molar-refractivity contribution is 0.461. The number of phenols is 2. The van der Waals surface area contributed by atoms with Gasteiger partial charge in [0.15, 0.2) is 0 Å². The molecule has 1 aliphatic carbocycles. The molecule has 36 heavy (non-hydrogen) atoms. The summed E-state index contributed by atoms with van der Waals surface area (Å²) in [5.74, 6) is 0.519. The molecule has 2 heteroatoms. The van der Waals surface area contributed by atoms with Crippen LogP contribution in [0.3, 0.4) is 0 Å². The molecule has 0 saturated heterocycles. The van der Waals surface area contributed by atoms with Crippen molar-refractivity contribution in [3.8, 4) is 11.5 Å². The molecule has 0 atom stereocenters. The molecule has 0 radical (unpaired) electrons. The molecule has 0 fully saturated rings. The Morgan fingerprint density at radius 1 is 0.583 bits per heavy atom. The molecule has 0 saturated carbocycles. The van der Waals surface area contributed by atoms with Crippen LogP contribution < -0.4 is 0 Å². The van der Waals surface area contributed by atoms with Gasteiger partial charge in [0.2, 0.25) is 0 Å². The van der Waals surface area contributed by atoms with Gasteiger partial charge >= 0.3 is 0 Å². The van der Waals surface area contributed by atoms with Crippen molar-refractivity contribution in [2.24, 2.45) is 0 Å². The van der Waals surface area contributed by atoms with E-state index in [1.807, 2.05) is 25.1 Å². The van der Waals surface area contributed by atoms with Gasteiger partial charge in [-0.15, -0.1) is 0 Å². The number of phenolic OH excluding ortho intramolecular Hbond substituents is 2. The Kier molecular flexibility index (Phi) is 4.29. The Morgan fingerprint density at radius 3 is 1.67 bits per heavy atom. The Hall–Kier alpha value is -4.30. The fourth-order valence-electron chi connectivity index (χ4n) is 6.29. The summed E-state index contributed by atoms with van der Waals surface area (Å²) in [6.07, 6.45) is 0.858. The maximum atomic E-state index is 11.8. The number of hydrogen-bond acceptors (Lipinski definition) is 2. The minimum atomic E-state index is -0.555. The molecule has 0 aromatic heterocycles. The van der Waals surface area contributed by atoms with Crippen LogP contribution in [0.25, 0.3) is 32.3 Å². The summed E-state index contributed by atoms with van der Waals surface area (Å²) >= 11 is 0. The third-order valence-corrected chi connectivity index (χ3v) is 8.25. The van der Waals surface area contributed by atoms with Crippen LogP contribution >= 0.6 is 0 Å². The highest BCUT2D eigenvalue weighted by Crippen LogP contribution is 2.51. The van der Waals surface area contributed by atoms with Gasteiger partial charge in [-0.25, -0.2) is 0 Å². The molecule has 2 nitrogen and oxygen atoms in total. The molecule has 6 aromatic carbocycles. The Labute approximate surface area is 210 Å². The molecule has 0 spiro atoms. The lowest BCUT2D eigenvalue weighted by atomic mass is 9.63. The number of hydrogen-bond donors (Lipinski definition) is 2. The van der Waals surface area contributed by atoms with Gasteiger partial charge in [0.25, 0.3) is 0 Å². The van der Waals surface area contributed by atoms with Gasteiger partial charge < -0.3 is 10.2 Å². The average molecular weight is 467 g/mol. The summed E-state index contributed by atoms with van der Waals surface area (Å²) in [4.78, 5) is 0. The molecule has 1 aliphatic rings. The normalized spacial score (nSPS) is 14.2. The van der Waals surface area contributed by atoms with Crippen molar-refractivity contribution in [1.82, 2.24) is 0 Å². The molecule has 6 aromatic rings. The topological polar surface area (TPSA) is 40.5 Å². The second-order valence-corrected chi connectivity index (χ2v) is 10.3. The van der Waals surface area contributed by atoms with Crippen molar-refractivity contribution >= 4 is 32.3 Å². The Morgan fingerprint density at radius 2 is 1.11 bits per heavy atom. The average Bonchev–Trinajstić information content (AvgIpc) is 2.88. The number of benzene rings is 6. The standard InChI is InChI=1S/C34H26O2/c1-20-13-28-25(19-32(20)35)11-12-29(33(28)36)34(2)30-17-23-9-5-3-7-21(23)14-26(30)16-27-15-22-8-4-6-10-24(22)18-31(27)34/h3-15,17-19,35-36H,16H2,1-2H3. The molecule has 7 rings (SSSR count). The number of rotatable bonds is 1. The summed E-state index contributed by atoms with van der Waals surface area (Å²) in [6, 6.07) is 34.0. The number of aromatic hydroxyl groups is 2. The van der Waals surface area contributed by atoms with E-state index in [4.69, 9.17) is 0 Å². The Bertz CT molecular complexity index is 1780. The van der Waals surface area contributed by atoms with E-state index in [1.54, 1.807) is 6.07 Å². The second-order valence-electron chi connectivity index (χ2n) is 10.3. The fraction of sp³-hybridized carbons (Fsp3) is 0.118. The predicted molar refractivity (Wildman–Crippen MR) is 148 cm³/mol. The van der Waals surface area contributed by atoms with Crippen LogP contribution in [-0.2, 0) is 11.8 Å². The first-order valence-electron chi connectivity index (χ1n) is 12.4. The molecule has 2 N–H and O–H groups in total. The zero-order valence-electron chi connectivity index (χ0n) is 20.3. The van der Waals surface area contributed by atoms with E-state index in [2.05, 4.69) is 79.7 Å². The highest BCUT2D eigenvalue weighted by atomic mass is 16.3. The fourth-order valence-corrected chi connectivity index (χ4v) is 6.29. The minimum absolute atomic E-state index is 0.243. The van der Waals surface area contributed by atoms with Crippen molar-refractivity contribution in [1.29, 1.82) is 0 Å². The van der Waals surface area contributed by atoms with Gasteiger partial charge in [-0.2, -0.15) is 0 Å². The van der Waals surface area contributed by atoms with Crippen LogP contribution in [-0.4, -0.2) is 10.2 Å². The smallest absolute Gasteiger partial charge is 0.127 e. The lowest BCUT2D eigenvalue weighted by Crippen LogP contribution is -2.32. The van der Waals surface area contributed by atoms with Crippen LogP contribution in [0, 0.1) is 6.92 Å². The molecule has 0 bridgehead atoms. The van der Waals surface area contributed by atoms with E-state index in [9.17, 15) is 10.2 Å². The summed E-state index contributed by atoms with van der Waals surface area (Å²) in [5.41, 5.74) is 6.12. The maximum absolute atomic E-state index is 11.8. The number of aryl methyl sites for hydroxylation is 1. The second kappa shape index (κ2) is 7.35. The third kappa shape index (κ3) is 2.85. The predicted octanol–water partition coefficient (Wildman–Crippen LogP) is 8.12. The third-order valence-electron chi connectivity index (χ3n) is 8.25. The molecule has 0 aliphatic heterocycles. The molecular formula is C34H26O2. The highest BCUT2D eigenvalue weighted by Gasteiger charge is 2.40. The van der Waals surface area contributed by atoms with Crippen molar-refractivity contribution in [2.45, 2.75) is 25.7 Å². The van der Waals surface area contributed by atoms with Crippen LogP contribution in [0.15, 0.2) is 97.1 Å². The first kappa shape index (κ1) is 21.0. The molecule has 174 valence electrons. The van der Waals surface area contributed by atoms with Gasteiger partial charge in [-0.1, -0.05) is 72.8 Å². The Balaban J connectivity index is 1.60. The van der Waals surface area contributed by atoms with Crippen LogP contribution in [0.4, 0.5) is 0 Å². The number of fused-ring (bicyclic) bond motifs is 5. The van der Waals surface area contributed by atoms with E-state index >= 15 is 0 Å². The molecule has 0 heterocycles. The van der Waals surface area contributed by atoms with Crippen LogP contribution in [0.2, 0.25) is 0 Å². The van der Waals surface area contributed by atoms with Gasteiger partial charge in [0, 0.05) is 16.4 Å². The van der Waals surface area contributed by atoms with E-state index in [1.165, 1.54) is 43.8 Å². The lowest BCUT2D eigenvalue weighted by Gasteiger charge is -2.40. The molecule has 0 amide bonds. The summed E-state index contributed by atoms with van der Waals surface area (Å²) in [6.45, 7) is 4.12. The summed E-state index contributed by atoms with van der Waals surface area (Å²) < 4.78 is 0. The van der Waals surface area contributed by atoms with E-state index in [0.29, 0.717) is 0 Å². The highest BCUT2D eigenvalue weighted by molar-refractivity contribution is 5.94.